The van der Waals surface area contributed by atoms with Gasteiger partial charge in [0.1, 0.15) is 0 Å². The first-order valence-corrected chi connectivity index (χ1v) is 7.35. The average molecular weight is 317 g/mol. The van der Waals surface area contributed by atoms with Gasteiger partial charge in [-0.15, -0.1) is 0 Å². The molecule has 1 aromatic carbocycles. The molecule has 0 aliphatic heterocycles. The van der Waals surface area contributed by atoms with E-state index in [1.165, 1.54) is 6.92 Å². The van der Waals surface area contributed by atoms with E-state index in [4.69, 9.17) is 12.2 Å². The number of thiocarbonyl (C=S) groups is 1. The van der Waals surface area contributed by atoms with Crippen molar-refractivity contribution in [3.05, 3.63) is 42.2 Å². The van der Waals surface area contributed by atoms with Gasteiger partial charge >= 0.3 is 0 Å². The highest BCUT2D eigenvalue weighted by Gasteiger charge is 2.01. The number of aromatic nitrogens is 2. The van der Waals surface area contributed by atoms with E-state index in [0.29, 0.717) is 11.7 Å². The predicted octanol–water partition coefficient (Wildman–Crippen LogP) is 1.91. The quantitative estimate of drug-likeness (QED) is 0.735. The summed E-state index contributed by atoms with van der Waals surface area (Å²) in [6, 6.07) is 9.34. The van der Waals surface area contributed by atoms with Crippen LogP contribution in [0.25, 0.3) is 0 Å². The summed E-state index contributed by atoms with van der Waals surface area (Å²) in [6.45, 7) is 2.19. The highest BCUT2D eigenvalue weighted by atomic mass is 32.1. The van der Waals surface area contributed by atoms with E-state index in [-0.39, 0.29) is 5.91 Å². The van der Waals surface area contributed by atoms with Crippen LogP contribution in [0.4, 0.5) is 11.4 Å². The number of nitrogens with zero attached hydrogens (tertiary/aromatic N) is 2. The summed E-state index contributed by atoms with van der Waals surface area (Å²) in [7, 11) is 1.90. The monoisotopic (exact) mass is 317 g/mol. The van der Waals surface area contributed by atoms with E-state index >= 15 is 0 Å². The van der Waals surface area contributed by atoms with Gasteiger partial charge in [0.05, 0.1) is 5.69 Å². The standard InChI is InChI=1S/C15H19N5OS/c1-11(21)17-12-3-5-13(6-4-12)18-15(22)16-9-7-14-8-10-20(2)19-14/h3-6,8,10H,7,9H2,1-2H3,(H,17,21)(H2,16,18,22). The summed E-state index contributed by atoms with van der Waals surface area (Å²) in [4.78, 5) is 10.9. The highest BCUT2D eigenvalue weighted by Crippen LogP contribution is 2.13. The van der Waals surface area contributed by atoms with Gasteiger partial charge in [0.2, 0.25) is 5.91 Å². The van der Waals surface area contributed by atoms with E-state index in [0.717, 1.165) is 23.5 Å². The number of amides is 1. The maximum atomic E-state index is 10.9. The third kappa shape index (κ3) is 5.17. The van der Waals surface area contributed by atoms with Crippen LogP contribution >= 0.6 is 12.2 Å². The number of rotatable bonds is 5. The molecule has 2 aromatic rings. The van der Waals surface area contributed by atoms with Crippen LogP contribution in [0, 0.1) is 0 Å². The Hall–Kier alpha value is -2.41. The Morgan fingerprint density at radius 1 is 1.18 bits per heavy atom. The van der Waals surface area contributed by atoms with E-state index in [1.807, 2.05) is 43.6 Å². The third-order valence-corrected chi connectivity index (χ3v) is 3.15. The SMILES string of the molecule is CC(=O)Nc1ccc(NC(=S)NCCc2ccn(C)n2)cc1. The summed E-state index contributed by atoms with van der Waals surface area (Å²) in [5.74, 6) is -0.0904. The van der Waals surface area contributed by atoms with Crippen LogP contribution in [0.3, 0.4) is 0 Å². The van der Waals surface area contributed by atoms with Crippen molar-refractivity contribution in [3.63, 3.8) is 0 Å². The van der Waals surface area contributed by atoms with Crippen LogP contribution in [-0.4, -0.2) is 27.3 Å². The van der Waals surface area contributed by atoms with Crippen LogP contribution < -0.4 is 16.0 Å². The van der Waals surface area contributed by atoms with Gasteiger partial charge in [-0.3, -0.25) is 9.48 Å². The molecule has 0 saturated heterocycles. The molecule has 0 bridgehead atoms. The normalized spacial score (nSPS) is 10.1. The van der Waals surface area contributed by atoms with Crippen molar-refractivity contribution in [3.8, 4) is 0 Å². The number of anilines is 2. The molecule has 6 nitrogen and oxygen atoms in total. The summed E-state index contributed by atoms with van der Waals surface area (Å²) in [5.41, 5.74) is 2.65. The van der Waals surface area contributed by atoms with E-state index in [9.17, 15) is 4.79 Å². The second-order valence-electron chi connectivity index (χ2n) is 4.87. The molecule has 0 spiro atoms. The van der Waals surface area contributed by atoms with Crippen molar-refractivity contribution >= 4 is 34.6 Å². The van der Waals surface area contributed by atoms with E-state index in [1.54, 1.807) is 4.68 Å². The second-order valence-corrected chi connectivity index (χ2v) is 5.28. The van der Waals surface area contributed by atoms with Crippen LogP contribution in [0.5, 0.6) is 0 Å². The van der Waals surface area contributed by atoms with Gasteiger partial charge in [0.25, 0.3) is 0 Å². The summed E-state index contributed by atoms with van der Waals surface area (Å²) < 4.78 is 1.78. The molecule has 1 heterocycles. The van der Waals surface area contributed by atoms with Crippen LogP contribution in [0.2, 0.25) is 0 Å². The number of carbonyl (C=O) groups excluding carboxylic acids is 1. The fraction of sp³-hybridized carbons (Fsp3) is 0.267. The van der Waals surface area contributed by atoms with E-state index < -0.39 is 0 Å². The molecular weight excluding hydrogens is 298 g/mol. The number of carbonyl (C=O) groups is 1. The molecule has 0 atom stereocenters. The van der Waals surface area contributed by atoms with Gasteiger partial charge in [-0.1, -0.05) is 0 Å². The Balaban J connectivity index is 1.75. The van der Waals surface area contributed by atoms with Crippen LogP contribution in [0.1, 0.15) is 12.6 Å². The van der Waals surface area contributed by atoms with Crippen molar-refractivity contribution in [2.24, 2.45) is 7.05 Å². The van der Waals surface area contributed by atoms with Gasteiger partial charge in [0.15, 0.2) is 5.11 Å². The van der Waals surface area contributed by atoms with Gasteiger partial charge in [-0.25, -0.2) is 0 Å². The molecule has 1 aromatic heterocycles. The van der Waals surface area contributed by atoms with Gasteiger partial charge in [-0.05, 0) is 42.5 Å². The first kappa shape index (κ1) is 16.0. The first-order valence-electron chi connectivity index (χ1n) is 6.94. The summed E-state index contributed by atoms with van der Waals surface area (Å²) in [6.07, 6.45) is 2.73. The molecule has 3 N–H and O–H groups in total. The fourth-order valence-electron chi connectivity index (χ4n) is 1.92. The number of aryl methyl sites for hydroxylation is 1. The lowest BCUT2D eigenvalue weighted by Gasteiger charge is -2.10. The molecule has 116 valence electrons. The highest BCUT2D eigenvalue weighted by molar-refractivity contribution is 7.80. The van der Waals surface area contributed by atoms with Crippen LogP contribution in [0.15, 0.2) is 36.5 Å². The Morgan fingerprint density at radius 2 is 1.82 bits per heavy atom. The molecule has 0 radical (unpaired) electrons. The summed E-state index contributed by atoms with van der Waals surface area (Å²) >= 11 is 5.24. The topological polar surface area (TPSA) is 71.0 Å². The van der Waals surface area contributed by atoms with Crippen molar-refractivity contribution in [1.29, 1.82) is 0 Å². The Morgan fingerprint density at radius 3 is 2.36 bits per heavy atom. The molecule has 0 unspecified atom stereocenters. The smallest absolute Gasteiger partial charge is 0.221 e. The minimum absolute atomic E-state index is 0.0904. The van der Waals surface area contributed by atoms with Crippen molar-refractivity contribution < 1.29 is 4.79 Å². The van der Waals surface area contributed by atoms with Crippen molar-refractivity contribution in [2.45, 2.75) is 13.3 Å². The predicted molar refractivity (Wildman–Crippen MR) is 91.9 cm³/mol. The third-order valence-electron chi connectivity index (χ3n) is 2.90. The number of benzene rings is 1. The fourth-order valence-corrected chi connectivity index (χ4v) is 2.14. The zero-order chi connectivity index (χ0) is 15.9. The minimum atomic E-state index is -0.0904. The number of hydrogen-bond acceptors (Lipinski definition) is 3. The molecule has 22 heavy (non-hydrogen) atoms. The Bertz CT molecular complexity index is 650. The molecular formula is C15H19N5OS. The number of hydrogen-bond donors (Lipinski definition) is 3. The molecule has 0 saturated carbocycles. The zero-order valence-corrected chi connectivity index (χ0v) is 13.4. The first-order chi connectivity index (χ1) is 10.5. The lowest BCUT2D eigenvalue weighted by molar-refractivity contribution is -0.114. The summed E-state index contributed by atoms with van der Waals surface area (Å²) in [5, 5.41) is 13.8. The molecule has 2 rings (SSSR count). The van der Waals surface area contributed by atoms with Gasteiger partial charge < -0.3 is 16.0 Å². The lowest BCUT2D eigenvalue weighted by atomic mass is 10.3. The van der Waals surface area contributed by atoms with E-state index in [2.05, 4.69) is 21.0 Å². The van der Waals surface area contributed by atoms with Crippen LogP contribution in [-0.2, 0) is 18.3 Å². The largest absolute Gasteiger partial charge is 0.362 e. The minimum Gasteiger partial charge on any atom is -0.362 e. The second kappa shape index (κ2) is 7.56. The Kier molecular flexibility index (Phi) is 5.48. The van der Waals surface area contributed by atoms with Gasteiger partial charge in [-0.2, -0.15) is 5.10 Å². The number of nitrogens with one attached hydrogen (secondary N) is 3. The van der Waals surface area contributed by atoms with Crippen molar-refractivity contribution in [1.82, 2.24) is 15.1 Å². The maximum absolute atomic E-state index is 10.9. The average Bonchev–Trinajstić information content (AvgIpc) is 2.86. The molecule has 0 aliphatic rings. The maximum Gasteiger partial charge on any atom is 0.221 e. The van der Waals surface area contributed by atoms with Gasteiger partial charge in [0, 0.05) is 44.5 Å². The Labute approximate surface area is 134 Å². The molecule has 7 heteroatoms. The van der Waals surface area contributed by atoms with Crippen molar-refractivity contribution in [2.75, 3.05) is 17.2 Å². The molecule has 0 fully saturated rings. The molecule has 0 aliphatic carbocycles. The lowest BCUT2D eigenvalue weighted by Crippen LogP contribution is -2.30. The zero-order valence-electron chi connectivity index (χ0n) is 12.6. The molecule has 1 amide bonds.